The highest BCUT2D eigenvalue weighted by molar-refractivity contribution is 6.03. The molecule has 0 saturated carbocycles. The Hall–Kier alpha value is -2.81. The van der Waals surface area contributed by atoms with Crippen LogP contribution in [0.3, 0.4) is 0 Å². The van der Waals surface area contributed by atoms with Gasteiger partial charge in [-0.3, -0.25) is 5.01 Å². The lowest BCUT2D eigenvalue weighted by atomic mass is 10.0. The number of para-hydroxylation sites is 1. The first-order chi connectivity index (χ1) is 11.3. The van der Waals surface area contributed by atoms with Crippen molar-refractivity contribution in [2.45, 2.75) is 19.4 Å². The van der Waals surface area contributed by atoms with Gasteiger partial charge >= 0.3 is 0 Å². The average molecular weight is 302 g/mol. The van der Waals surface area contributed by atoms with E-state index in [1.54, 1.807) is 0 Å². The van der Waals surface area contributed by atoms with E-state index in [1.807, 2.05) is 37.3 Å². The first-order valence-electron chi connectivity index (χ1n) is 7.85. The number of hydrogen-bond acceptors (Lipinski definition) is 3. The van der Waals surface area contributed by atoms with E-state index in [2.05, 4.69) is 47.5 Å². The molecule has 2 aromatic carbocycles. The number of benzene rings is 2. The van der Waals surface area contributed by atoms with Gasteiger partial charge in [0.05, 0.1) is 11.4 Å². The third-order valence-corrected chi connectivity index (χ3v) is 4.13. The molecule has 3 aromatic rings. The summed E-state index contributed by atoms with van der Waals surface area (Å²) in [6.45, 7) is 1.98. The largest absolute Gasteiger partial charge is 0.464 e. The molecule has 3 heteroatoms. The van der Waals surface area contributed by atoms with Crippen molar-refractivity contribution in [1.29, 1.82) is 0 Å². The molecular weight excluding hydrogens is 284 g/mol. The molecule has 1 aromatic heterocycles. The van der Waals surface area contributed by atoms with E-state index in [9.17, 15) is 0 Å². The summed E-state index contributed by atoms with van der Waals surface area (Å²) in [5, 5.41) is 6.96. The summed E-state index contributed by atoms with van der Waals surface area (Å²) in [6, 6.07) is 24.8. The van der Waals surface area contributed by atoms with Gasteiger partial charge in [-0.05, 0) is 36.8 Å². The Labute approximate surface area is 135 Å². The molecule has 0 amide bonds. The Morgan fingerprint density at radius 3 is 2.26 bits per heavy atom. The van der Waals surface area contributed by atoms with Crippen LogP contribution in [-0.4, -0.2) is 5.71 Å². The van der Waals surface area contributed by atoms with Crippen molar-refractivity contribution in [2.24, 2.45) is 5.10 Å². The maximum Gasteiger partial charge on any atom is 0.129 e. The first-order valence-corrected chi connectivity index (χ1v) is 7.85. The molecule has 0 fully saturated rings. The summed E-state index contributed by atoms with van der Waals surface area (Å²) in [6.07, 6.45) is 0.839. The van der Waals surface area contributed by atoms with Crippen molar-refractivity contribution in [3.8, 4) is 0 Å². The molecule has 0 saturated heterocycles. The topological polar surface area (TPSA) is 28.7 Å². The summed E-state index contributed by atoms with van der Waals surface area (Å²) in [5.41, 5.74) is 3.34. The van der Waals surface area contributed by atoms with Crippen LogP contribution in [-0.2, 0) is 0 Å². The zero-order valence-corrected chi connectivity index (χ0v) is 13.0. The highest BCUT2D eigenvalue weighted by atomic mass is 16.3. The van der Waals surface area contributed by atoms with Crippen LogP contribution in [0, 0.1) is 6.92 Å². The maximum atomic E-state index is 5.89. The predicted molar refractivity (Wildman–Crippen MR) is 92.7 cm³/mol. The molecule has 0 bridgehead atoms. The molecular formula is C20H18N2O. The van der Waals surface area contributed by atoms with Crippen molar-refractivity contribution in [2.75, 3.05) is 5.01 Å². The third kappa shape index (κ3) is 2.66. The normalized spacial score (nSPS) is 17.3. The summed E-state index contributed by atoms with van der Waals surface area (Å²) in [4.78, 5) is 0. The van der Waals surface area contributed by atoms with Gasteiger partial charge in [0.2, 0.25) is 0 Å². The minimum Gasteiger partial charge on any atom is -0.464 e. The van der Waals surface area contributed by atoms with Crippen LogP contribution in [0.4, 0.5) is 5.69 Å². The molecule has 1 aliphatic heterocycles. The van der Waals surface area contributed by atoms with Crippen molar-refractivity contribution < 1.29 is 4.42 Å². The Morgan fingerprint density at radius 2 is 1.61 bits per heavy atom. The average Bonchev–Trinajstić information content (AvgIpc) is 3.23. The van der Waals surface area contributed by atoms with Gasteiger partial charge in [-0.15, -0.1) is 0 Å². The molecule has 0 unspecified atom stereocenters. The second-order valence-electron chi connectivity index (χ2n) is 5.76. The molecule has 3 nitrogen and oxygen atoms in total. The van der Waals surface area contributed by atoms with Gasteiger partial charge in [-0.2, -0.15) is 5.10 Å². The summed E-state index contributed by atoms with van der Waals surface area (Å²) in [5.74, 6) is 1.89. The van der Waals surface area contributed by atoms with Gasteiger partial charge in [0.15, 0.2) is 0 Å². The second kappa shape index (κ2) is 5.76. The molecule has 0 radical (unpaired) electrons. The summed E-state index contributed by atoms with van der Waals surface area (Å²) in [7, 11) is 0. The van der Waals surface area contributed by atoms with Crippen LogP contribution < -0.4 is 5.01 Å². The molecule has 4 rings (SSSR count). The Kier molecular flexibility index (Phi) is 3.46. The van der Waals surface area contributed by atoms with Crippen LogP contribution in [0.1, 0.15) is 29.5 Å². The van der Waals surface area contributed by atoms with Gasteiger partial charge in [0.1, 0.15) is 17.6 Å². The van der Waals surface area contributed by atoms with Crippen LogP contribution in [0.25, 0.3) is 0 Å². The molecule has 0 aliphatic carbocycles. The van der Waals surface area contributed by atoms with Crippen molar-refractivity contribution in [3.63, 3.8) is 0 Å². The molecule has 0 spiro atoms. The number of hydrazone groups is 1. The number of aryl methyl sites for hydroxylation is 1. The molecule has 114 valence electrons. The molecule has 23 heavy (non-hydrogen) atoms. The zero-order valence-electron chi connectivity index (χ0n) is 13.0. The Balaban J connectivity index is 1.75. The first kappa shape index (κ1) is 13.8. The highest BCUT2D eigenvalue weighted by Gasteiger charge is 2.31. The van der Waals surface area contributed by atoms with Crippen LogP contribution in [0.5, 0.6) is 0 Å². The monoisotopic (exact) mass is 302 g/mol. The van der Waals surface area contributed by atoms with Crippen LogP contribution in [0.15, 0.2) is 82.3 Å². The van der Waals surface area contributed by atoms with E-state index >= 15 is 0 Å². The van der Waals surface area contributed by atoms with Gasteiger partial charge < -0.3 is 4.42 Å². The Bertz CT molecular complexity index is 821. The van der Waals surface area contributed by atoms with Crippen LogP contribution >= 0.6 is 0 Å². The maximum absolute atomic E-state index is 5.89. The number of nitrogens with zero attached hydrogens (tertiary/aromatic N) is 2. The second-order valence-corrected chi connectivity index (χ2v) is 5.76. The lowest BCUT2D eigenvalue weighted by Crippen LogP contribution is -2.17. The SMILES string of the molecule is Cc1ccc([C@H]2CC(c3ccccc3)=NN2c2ccccc2)o1. The number of furan rings is 1. The van der Waals surface area contributed by atoms with E-state index in [4.69, 9.17) is 9.52 Å². The predicted octanol–water partition coefficient (Wildman–Crippen LogP) is 4.94. The molecule has 1 aliphatic rings. The van der Waals surface area contributed by atoms with E-state index in [0.29, 0.717) is 0 Å². The number of rotatable bonds is 3. The van der Waals surface area contributed by atoms with Crippen molar-refractivity contribution >= 4 is 11.4 Å². The number of anilines is 1. The van der Waals surface area contributed by atoms with Gasteiger partial charge in [-0.25, -0.2) is 0 Å². The third-order valence-electron chi connectivity index (χ3n) is 4.13. The van der Waals surface area contributed by atoms with Gasteiger partial charge in [0, 0.05) is 6.42 Å². The van der Waals surface area contributed by atoms with Crippen molar-refractivity contribution in [1.82, 2.24) is 0 Å². The van der Waals surface area contributed by atoms with Crippen molar-refractivity contribution in [3.05, 3.63) is 89.9 Å². The fraction of sp³-hybridized carbons (Fsp3) is 0.150. The lowest BCUT2D eigenvalue weighted by molar-refractivity contribution is 0.445. The fourth-order valence-electron chi connectivity index (χ4n) is 2.99. The highest BCUT2D eigenvalue weighted by Crippen LogP contribution is 2.37. The van der Waals surface area contributed by atoms with Gasteiger partial charge in [-0.1, -0.05) is 48.5 Å². The molecule has 2 heterocycles. The molecule has 0 N–H and O–H groups in total. The lowest BCUT2D eigenvalue weighted by Gasteiger charge is -2.21. The molecule has 1 atom stereocenters. The smallest absolute Gasteiger partial charge is 0.129 e. The van der Waals surface area contributed by atoms with Crippen LogP contribution in [0.2, 0.25) is 0 Å². The quantitative estimate of drug-likeness (QED) is 0.685. The minimum atomic E-state index is 0.0984. The van der Waals surface area contributed by atoms with E-state index in [1.165, 1.54) is 5.56 Å². The number of hydrogen-bond donors (Lipinski definition) is 0. The standard InChI is InChI=1S/C20H18N2O/c1-15-12-13-20(23-15)19-14-18(16-8-4-2-5-9-16)21-22(19)17-10-6-3-7-11-17/h2-13,19H,14H2,1H3/t19-/m1/s1. The summed E-state index contributed by atoms with van der Waals surface area (Å²) < 4.78 is 5.89. The van der Waals surface area contributed by atoms with E-state index in [0.717, 1.165) is 29.3 Å². The van der Waals surface area contributed by atoms with Gasteiger partial charge in [0.25, 0.3) is 0 Å². The zero-order chi connectivity index (χ0) is 15.6. The van der Waals surface area contributed by atoms with E-state index in [-0.39, 0.29) is 6.04 Å². The van der Waals surface area contributed by atoms with E-state index < -0.39 is 0 Å². The Morgan fingerprint density at radius 1 is 0.913 bits per heavy atom. The fourth-order valence-corrected chi connectivity index (χ4v) is 2.99. The minimum absolute atomic E-state index is 0.0984. The summed E-state index contributed by atoms with van der Waals surface area (Å²) >= 11 is 0.